The summed E-state index contributed by atoms with van der Waals surface area (Å²) in [7, 11) is 1.24. The van der Waals surface area contributed by atoms with Gasteiger partial charge in [0.2, 0.25) is 0 Å². The third-order valence-corrected chi connectivity index (χ3v) is 6.28. The third kappa shape index (κ3) is 4.64. The highest BCUT2D eigenvalue weighted by Crippen LogP contribution is 2.48. The summed E-state index contributed by atoms with van der Waals surface area (Å²) in [5.41, 5.74) is 2.13. The number of Topliss-reactive ketones (excluding diaryl/α,β-unsaturated/α-hetero) is 1. The van der Waals surface area contributed by atoms with Crippen molar-refractivity contribution >= 4 is 29.3 Å². The number of phenols is 1. The molecule has 8 nitrogen and oxygen atoms in total. The molecule has 2 aliphatic rings. The molecule has 1 heterocycles. The lowest BCUT2D eigenvalue weighted by Gasteiger charge is -2.38. The summed E-state index contributed by atoms with van der Waals surface area (Å²) in [5, 5.41) is 13.6. The first-order valence-electron chi connectivity index (χ1n) is 11.2. The van der Waals surface area contributed by atoms with Crippen LogP contribution in [0.4, 0.5) is 0 Å². The lowest BCUT2D eigenvalue weighted by molar-refractivity contribution is -0.151. The van der Waals surface area contributed by atoms with Crippen LogP contribution in [0, 0.1) is 11.8 Å². The quantitative estimate of drug-likeness (QED) is 0.453. The van der Waals surface area contributed by atoms with E-state index in [2.05, 4.69) is 5.32 Å². The molecule has 0 saturated heterocycles. The standard InChI is InChI=1S/C25H30ClNO7/c1-7-33-17-10-14(9-15(26)22(17)28)20-19(25(31)34-11(2)3)13(5)27-16-8-12(4)18(24(30)32-6)23(29)21(16)20/h9-12,18,20,27-28H,7-8H2,1-6H3/t12-,18-,20-/m1/s1. The molecule has 1 aliphatic carbocycles. The molecule has 0 saturated carbocycles. The zero-order valence-electron chi connectivity index (χ0n) is 20.2. The van der Waals surface area contributed by atoms with Gasteiger partial charge in [-0.25, -0.2) is 4.79 Å². The number of nitrogens with one attached hydrogen (secondary N) is 1. The molecule has 184 valence electrons. The first-order valence-corrected chi connectivity index (χ1v) is 11.6. The van der Waals surface area contributed by atoms with Crippen LogP contribution >= 0.6 is 11.6 Å². The monoisotopic (exact) mass is 491 g/mol. The van der Waals surface area contributed by atoms with E-state index < -0.39 is 35.7 Å². The van der Waals surface area contributed by atoms with E-state index in [0.29, 0.717) is 23.4 Å². The Labute approximate surface area is 203 Å². The number of benzene rings is 1. The molecule has 3 atom stereocenters. The lowest BCUT2D eigenvalue weighted by Crippen LogP contribution is -2.43. The van der Waals surface area contributed by atoms with Crippen LogP contribution in [0.2, 0.25) is 5.02 Å². The van der Waals surface area contributed by atoms with E-state index in [1.807, 2.05) is 6.92 Å². The second-order valence-corrected chi connectivity index (χ2v) is 9.18. The average Bonchev–Trinajstić information content (AvgIpc) is 2.75. The summed E-state index contributed by atoms with van der Waals surface area (Å²) in [5.74, 6) is -3.95. The van der Waals surface area contributed by atoms with Crippen LogP contribution in [-0.4, -0.2) is 42.6 Å². The number of methoxy groups -OCH3 is 1. The molecule has 34 heavy (non-hydrogen) atoms. The van der Waals surface area contributed by atoms with Crippen molar-refractivity contribution in [2.45, 2.75) is 53.1 Å². The Bertz CT molecular complexity index is 1090. The van der Waals surface area contributed by atoms with E-state index in [1.54, 1.807) is 33.8 Å². The number of hydrogen-bond acceptors (Lipinski definition) is 8. The van der Waals surface area contributed by atoms with Crippen molar-refractivity contribution in [2.24, 2.45) is 11.8 Å². The van der Waals surface area contributed by atoms with Gasteiger partial charge in [0.05, 0.1) is 30.4 Å². The number of allylic oxidation sites excluding steroid dienone is 3. The van der Waals surface area contributed by atoms with Gasteiger partial charge in [-0.05, 0) is 57.7 Å². The van der Waals surface area contributed by atoms with Gasteiger partial charge in [0.1, 0.15) is 5.92 Å². The molecule has 0 bridgehead atoms. The smallest absolute Gasteiger partial charge is 0.337 e. The van der Waals surface area contributed by atoms with Gasteiger partial charge >= 0.3 is 11.9 Å². The van der Waals surface area contributed by atoms with E-state index in [-0.39, 0.29) is 40.2 Å². The molecule has 1 aliphatic heterocycles. The van der Waals surface area contributed by atoms with E-state index in [1.165, 1.54) is 13.2 Å². The zero-order chi connectivity index (χ0) is 25.3. The molecule has 0 amide bonds. The minimum absolute atomic E-state index is 0.0111. The number of phenolic OH excluding ortho intramolecular Hbond substituents is 1. The largest absolute Gasteiger partial charge is 0.503 e. The highest BCUT2D eigenvalue weighted by atomic mass is 35.5. The van der Waals surface area contributed by atoms with Gasteiger partial charge in [0.15, 0.2) is 17.3 Å². The number of aromatic hydroxyl groups is 1. The highest BCUT2D eigenvalue weighted by Gasteiger charge is 2.47. The Balaban J connectivity index is 2.26. The number of esters is 2. The van der Waals surface area contributed by atoms with Crippen molar-refractivity contribution in [1.29, 1.82) is 0 Å². The summed E-state index contributed by atoms with van der Waals surface area (Å²) < 4.78 is 15.9. The van der Waals surface area contributed by atoms with Crippen molar-refractivity contribution in [2.75, 3.05) is 13.7 Å². The predicted molar refractivity (Wildman–Crippen MR) is 125 cm³/mol. The van der Waals surface area contributed by atoms with Crippen LogP contribution < -0.4 is 10.1 Å². The van der Waals surface area contributed by atoms with E-state index in [4.69, 9.17) is 25.8 Å². The maximum atomic E-state index is 13.7. The van der Waals surface area contributed by atoms with Gasteiger partial charge in [-0.1, -0.05) is 18.5 Å². The minimum Gasteiger partial charge on any atom is -0.503 e. The average molecular weight is 492 g/mol. The fourth-order valence-corrected chi connectivity index (χ4v) is 4.81. The van der Waals surface area contributed by atoms with Crippen molar-refractivity contribution < 1.29 is 33.7 Å². The summed E-state index contributed by atoms with van der Waals surface area (Å²) >= 11 is 6.31. The van der Waals surface area contributed by atoms with Crippen molar-refractivity contribution in [3.63, 3.8) is 0 Å². The van der Waals surface area contributed by atoms with Crippen LogP contribution in [-0.2, 0) is 23.9 Å². The second kappa shape index (κ2) is 10.1. The maximum absolute atomic E-state index is 13.7. The van der Waals surface area contributed by atoms with Gasteiger partial charge in [-0.3, -0.25) is 9.59 Å². The van der Waals surface area contributed by atoms with E-state index in [9.17, 15) is 19.5 Å². The lowest BCUT2D eigenvalue weighted by atomic mass is 9.69. The van der Waals surface area contributed by atoms with Crippen LogP contribution in [0.25, 0.3) is 0 Å². The number of ether oxygens (including phenoxy) is 3. The molecule has 3 rings (SSSR count). The minimum atomic E-state index is -1.01. The van der Waals surface area contributed by atoms with Gasteiger partial charge in [-0.2, -0.15) is 0 Å². The highest BCUT2D eigenvalue weighted by molar-refractivity contribution is 6.32. The Morgan fingerprint density at radius 1 is 1.29 bits per heavy atom. The second-order valence-electron chi connectivity index (χ2n) is 8.77. The normalized spacial score (nSPS) is 22.4. The molecular weight excluding hydrogens is 462 g/mol. The molecule has 0 spiro atoms. The molecule has 9 heteroatoms. The van der Waals surface area contributed by atoms with Crippen LogP contribution in [0.1, 0.15) is 52.5 Å². The number of hydrogen-bond donors (Lipinski definition) is 2. The van der Waals surface area contributed by atoms with Gasteiger partial charge in [0, 0.05) is 22.9 Å². The zero-order valence-corrected chi connectivity index (χ0v) is 20.9. The number of dihydropyridines is 1. The number of ketones is 1. The number of carbonyl (C=O) groups is 3. The maximum Gasteiger partial charge on any atom is 0.337 e. The molecule has 0 fully saturated rings. The van der Waals surface area contributed by atoms with Crippen molar-refractivity contribution in [1.82, 2.24) is 5.32 Å². The Morgan fingerprint density at radius 3 is 2.56 bits per heavy atom. The van der Waals surface area contributed by atoms with Crippen molar-refractivity contribution in [3.8, 4) is 11.5 Å². The summed E-state index contributed by atoms with van der Waals surface area (Å²) in [6.07, 6.45) is 0.0156. The Kier molecular flexibility index (Phi) is 7.60. The Morgan fingerprint density at radius 2 is 1.97 bits per heavy atom. The first kappa shape index (κ1) is 25.6. The van der Waals surface area contributed by atoms with Gasteiger partial charge in [0.25, 0.3) is 0 Å². The summed E-state index contributed by atoms with van der Waals surface area (Å²) in [6, 6.07) is 3.05. The SMILES string of the molecule is CCOc1cc([C@@H]2C(C(=O)OC(C)C)=C(C)NC3=C2C(=O)[C@H](C(=O)OC)[C@H](C)C3)cc(Cl)c1O. The number of halogens is 1. The van der Waals surface area contributed by atoms with Crippen LogP contribution in [0.3, 0.4) is 0 Å². The van der Waals surface area contributed by atoms with Gasteiger partial charge < -0.3 is 24.6 Å². The first-order chi connectivity index (χ1) is 16.0. The molecule has 1 aromatic rings. The molecule has 0 radical (unpaired) electrons. The molecule has 0 unspecified atom stereocenters. The summed E-state index contributed by atoms with van der Waals surface area (Å²) in [4.78, 5) is 39.5. The molecule has 2 N–H and O–H groups in total. The third-order valence-electron chi connectivity index (χ3n) is 5.99. The van der Waals surface area contributed by atoms with Gasteiger partial charge in [-0.15, -0.1) is 0 Å². The number of carbonyl (C=O) groups excluding carboxylic acids is 3. The Hall–Kier alpha value is -3.00. The molecule has 0 aromatic heterocycles. The fraction of sp³-hybridized carbons (Fsp3) is 0.480. The van der Waals surface area contributed by atoms with Crippen molar-refractivity contribution in [3.05, 3.63) is 45.3 Å². The molecule has 1 aromatic carbocycles. The van der Waals surface area contributed by atoms with E-state index in [0.717, 1.165) is 0 Å². The fourth-order valence-electron chi connectivity index (χ4n) is 4.59. The van der Waals surface area contributed by atoms with E-state index >= 15 is 0 Å². The van der Waals surface area contributed by atoms with Crippen LogP contribution in [0.15, 0.2) is 34.7 Å². The summed E-state index contributed by atoms with van der Waals surface area (Å²) in [6.45, 7) is 9.04. The van der Waals surface area contributed by atoms with Crippen LogP contribution in [0.5, 0.6) is 11.5 Å². The predicted octanol–water partition coefficient (Wildman–Crippen LogP) is 4.01. The number of rotatable bonds is 6. The molecular formula is C25H30ClNO7. The topological polar surface area (TPSA) is 111 Å².